The number of hydrogen-bond donors (Lipinski definition) is 2. The molecule has 1 aromatic carbocycles. The van der Waals surface area contributed by atoms with Crippen LogP contribution < -0.4 is 15.4 Å². The fraction of sp³-hybridized carbons (Fsp3) is 0.667. The molecule has 0 radical (unpaired) electrons. The second-order valence-corrected chi connectivity index (χ2v) is 7.05. The quantitative estimate of drug-likeness (QED) is 0.222. The summed E-state index contributed by atoms with van der Waals surface area (Å²) < 4.78 is 10.6. The summed E-state index contributed by atoms with van der Waals surface area (Å²) in [7, 11) is 3.53. The minimum Gasteiger partial charge on any atom is -0.497 e. The summed E-state index contributed by atoms with van der Waals surface area (Å²) in [6.07, 6.45) is 3.42. The summed E-state index contributed by atoms with van der Waals surface area (Å²) in [6.45, 7) is 9.18. The first-order valence-electron chi connectivity index (χ1n) is 10.1. The lowest BCUT2D eigenvalue weighted by Crippen LogP contribution is -2.39. The Bertz CT molecular complexity index is 548. The Morgan fingerprint density at radius 1 is 1.14 bits per heavy atom. The van der Waals surface area contributed by atoms with E-state index in [1.807, 2.05) is 19.2 Å². The van der Waals surface area contributed by atoms with Crippen LogP contribution in [-0.2, 0) is 4.74 Å². The first kappa shape index (κ1) is 25.0. The highest BCUT2D eigenvalue weighted by molar-refractivity contribution is 14.0. The van der Waals surface area contributed by atoms with Crippen molar-refractivity contribution in [3.63, 3.8) is 0 Å². The number of nitrogens with zero attached hydrogens (tertiary/aromatic N) is 2. The Kier molecular flexibility index (Phi) is 13.3. The molecule has 1 heterocycles. The van der Waals surface area contributed by atoms with Crippen LogP contribution in [0.15, 0.2) is 29.3 Å². The van der Waals surface area contributed by atoms with Gasteiger partial charge >= 0.3 is 0 Å². The number of hydrogen-bond acceptors (Lipinski definition) is 4. The van der Waals surface area contributed by atoms with Crippen LogP contribution in [-0.4, -0.2) is 71.0 Å². The van der Waals surface area contributed by atoms with Gasteiger partial charge in [-0.15, -0.1) is 24.0 Å². The van der Waals surface area contributed by atoms with E-state index in [9.17, 15) is 0 Å². The molecule has 1 atom stereocenters. The number of benzene rings is 1. The molecule has 1 aromatic rings. The number of morpholine rings is 1. The summed E-state index contributed by atoms with van der Waals surface area (Å²) in [6, 6.07) is 8.34. The Labute approximate surface area is 187 Å². The molecular weight excluding hydrogens is 467 g/mol. The fourth-order valence-electron chi connectivity index (χ4n) is 3.22. The van der Waals surface area contributed by atoms with Crippen LogP contribution in [0.5, 0.6) is 5.75 Å². The smallest absolute Gasteiger partial charge is 0.190 e. The van der Waals surface area contributed by atoms with Gasteiger partial charge in [-0.2, -0.15) is 0 Å². The monoisotopic (exact) mass is 504 g/mol. The van der Waals surface area contributed by atoms with Gasteiger partial charge in [-0.1, -0.05) is 19.1 Å². The van der Waals surface area contributed by atoms with Crippen LogP contribution in [0.1, 0.15) is 37.7 Å². The molecule has 0 spiro atoms. The second-order valence-electron chi connectivity index (χ2n) is 7.05. The summed E-state index contributed by atoms with van der Waals surface area (Å²) >= 11 is 0. The molecule has 0 aliphatic carbocycles. The topological polar surface area (TPSA) is 58.1 Å². The van der Waals surface area contributed by atoms with Gasteiger partial charge in [0.2, 0.25) is 0 Å². The van der Waals surface area contributed by atoms with E-state index < -0.39 is 0 Å². The van der Waals surface area contributed by atoms with E-state index in [0.717, 1.165) is 70.5 Å². The Morgan fingerprint density at radius 3 is 2.46 bits per heavy atom. The molecule has 1 aliphatic heterocycles. The molecule has 0 aromatic heterocycles. The van der Waals surface area contributed by atoms with E-state index >= 15 is 0 Å². The van der Waals surface area contributed by atoms with E-state index in [2.05, 4.69) is 39.6 Å². The third kappa shape index (κ3) is 9.43. The zero-order chi connectivity index (χ0) is 19.3. The van der Waals surface area contributed by atoms with Crippen molar-refractivity contribution in [2.24, 2.45) is 4.99 Å². The molecule has 160 valence electrons. The van der Waals surface area contributed by atoms with Crippen LogP contribution in [0.25, 0.3) is 0 Å². The molecule has 0 amide bonds. The summed E-state index contributed by atoms with van der Waals surface area (Å²) in [5.41, 5.74) is 1.34. The number of ether oxygens (including phenoxy) is 2. The summed E-state index contributed by atoms with van der Waals surface area (Å²) in [5.74, 6) is 2.29. The minimum absolute atomic E-state index is 0. The van der Waals surface area contributed by atoms with Gasteiger partial charge in [0.15, 0.2) is 5.96 Å². The van der Waals surface area contributed by atoms with E-state index in [-0.39, 0.29) is 24.0 Å². The summed E-state index contributed by atoms with van der Waals surface area (Å²) in [4.78, 5) is 6.80. The SMILES string of the molecule is CN=C(NCCCCN1CCOCC1)NCCC(C)c1ccc(OC)cc1.I. The number of guanidine groups is 1. The molecule has 1 saturated heterocycles. The average Bonchev–Trinajstić information content (AvgIpc) is 2.73. The number of rotatable bonds is 10. The third-order valence-corrected chi connectivity index (χ3v) is 5.08. The zero-order valence-electron chi connectivity index (χ0n) is 17.6. The van der Waals surface area contributed by atoms with Crippen molar-refractivity contribution >= 4 is 29.9 Å². The van der Waals surface area contributed by atoms with Crippen molar-refractivity contribution in [2.75, 3.05) is 60.1 Å². The van der Waals surface area contributed by atoms with Crippen LogP contribution in [0.2, 0.25) is 0 Å². The Balaban J connectivity index is 0.00000392. The van der Waals surface area contributed by atoms with E-state index in [0.29, 0.717) is 5.92 Å². The molecule has 28 heavy (non-hydrogen) atoms. The number of methoxy groups -OCH3 is 1. The standard InChI is InChI=1S/C21H36N4O2.HI/c1-18(19-6-8-20(26-3)9-7-19)10-12-24-21(22-2)23-11-4-5-13-25-14-16-27-17-15-25;/h6-9,18H,4-5,10-17H2,1-3H3,(H2,22,23,24);1H. The van der Waals surface area contributed by atoms with Gasteiger partial charge in [0.1, 0.15) is 5.75 Å². The number of aliphatic imine (C=N–C) groups is 1. The van der Waals surface area contributed by atoms with Crippen LogP contribution in [0.4, 0.5) is 0 Å². The normalized spacial score (nSPS) is 16.2. The molecule has 7 heteroatoms. The molecule has 2 rings (SSSR count). The van der Waals surface area contributed by atoms with Gasteiger partial charge in [-0.25, -0.2) is 0 Å². The van der Waals surface area contributed by atoms with E-state index in [4.69, 9.17) is 9.47 Å². The second kappa shape index (κ2) is 14.9. The van der Waals surface area contributed by atoms with Crippen molar-refractivity contribution in [3.8, 4) is 5.75 Å². The lowest BCUT2D eigenvalue weighted by Gasteiger charge is -2.26. The molecule has 1 aliphatic rings. The average molecular weight is 504 g/mol. The largest absolute Gasteiger partial charge is 0.497 e. The maximum atomic E-state index is 5.38. The first-order valence-corrected chi connectivity index (χ1v) is 10.1. The van der Waals surface area contributed by atoms with Gasteiger partial charge in [-0.05, 0) is 49.4 Å². The van der Waals surface area contributed by atoms with Crippen LogP contribution in [0, 0.1) is 0 Å². The fourth-order valence-corrected chi connectivity index (χ4v) is 3.22. The van der Waals surface area contributed by atoms with Gasteiger partial charge in [-0.3, -0.25) is 9.89 Å². The van der Waals surface area contributed by atoms with E-state index in [1.54, 1.807) is 7.11 Å². The lowest BCUT2D eigenvalue weighted by molar-refractivity contribution is 0.0372. The molecule has 6 nitrogen and oxygen atoms in total. The molecule has 0 saturated carbocycles. The summed E-state index contributed by atoms with van der Waals surface area (Å²) in [5, 5.41) is 6.84. The third-order valence-electron chi connectivity index (χ3n) is 5.08. The van der Waals surface area contributed by atoms with Crippen molar-refractivity contribution in [2.45, 2.75) is 32.1 Å². The first-order chi connectivity index (χ1) is 13.2. The highest BCUT2D eigenvalue weighted by Crippen LogP contribution is 2.21. The lowest BCUT2D eigenvalue weighted by atomic mass is 9.98. The predicted octanol–water partition coefficient (Wildman–Crippen LogP) is 3.08. The zero-order valence-corrected chi connectivity index (χ0v) is 19.9. The molecule has 1 unspecified atom stereocenters. The van der Waals surface area contributed by atoms with Gasteiger partial charge in [0.05, 0.1) is 20.3 Å². The Hall–Kier alpha value is -1.06. The number of unbranched alkanes of at least 4 members (excludes halogenated alkanes) is 1. The Morgan fingerprint density at radius 2 is 1.82 bits per heavy atom. The van der Waals surface area contributed by atoms with Crippen LogP contribution >= 0.6 is 24.0 Å². The van der Waals surface area contributed by atoms with E-state index in [1.165, 1.54) is 12.0 Å². The molecule has 1 fully saturated rings. The van der Waals surface area contributed by atoms with Gasteiger partial charge in [0, 0.05) is 33.2 Å². The number of nitrogens with one attached hydrogen (secondary N) is 2. The number of halogens is 1. The molecule has 2 N–H and O–H groups in total. The predicted molar refractivity (Wildman–Crippen MR) is 127 cm³/mol. The van der Waals surface area contributed by atoms with Gasteiger partial charge < -0.3 is 20.1 Å². The molecule has 0 bridgehead atoms. The van der Waals surface area contributed by atoms with Crippen molar-refractivity contribution in [1.29, 1.82) is 0 Å². The maximum Gasteiger partial charge on any atom is 0.190 e. The van der Waals surface area contributed by atoms with Crippen molar-refractivity contribution in [1.82, 2.24) is 15.5 Å². The minimum atomic E-state index is 0. The van der Waals surface area contributed by atoms with Crippen molar-refractivity contribution in [3.05, 3.63) is 29.8 Å². The maximum absolute atomic E-state index is 5.38. The highest BCUT2D eigenvalue weighted by Gasteiger charge is 2.09. The highest BCUT2D eigenvalue weighted by atomic mass is 127. The molecular formula is C21H37IN4O2. The van der Waals surface area contributed by atoms with Gasteiger partial charge in [0.25, 0.3) is 0 Å². The van der Waals surface area contributed by atoms with Crippen LogP contribution in [0.3, 0.4) is 0 Å². The van der Waals surface area contributed by atoms with Crippen molar-refractivity contribution < 1.29 is 9.47 Å².